The summed E-state index contributed by atoms with van der Waals surface area (Å²) in [5.74, 6) is 2.13. The van der Waals surface area contributed by atoms with Crippen LogP contribution in [-0.4, -0.2) is 12.2 Å². The number of benzene rings is 3. The summed E-state index contributed by atoms with van der Waals surface area (Å²) in [6.45, 7) is 4.19. The molecule has 3 nitrogen and oxygen atoms in total. The average molecular weight is 505 g/mol. The summed E-state index contributed by atoms with van der Waals surface area (Å²) in [5.41, 5.74) is 2.42. The standard InChI is InChI=1S/C23H21Br2O3/c1-14(2)16-12-21(28-23-18(24)10-7-11-19(23)25)17(13-20(16)27-3)22(26)15-8-5-4-6-9-15/h4-10,12-14,22,26H,1-3H3. The lowest BCUT2D eigenvalue weighted by Crippen LogP contribution is -2.05. The van der Waals surface area contributed by atoms with E-state index < -0.39 is 6.10 Å². The van der Waals surface area contributed by atoms with E-state index in [4.69, 9.17) is 9.47 Å². The molecule has 0 fully saturated rings. The van der Waals surface area contributed by atoms with Gasteiger partial charge in [-0.25, -0.2) is 0 Å². The van der Waals surface area contributed by atoms with Gasteiger partial charge in [0.25, 0.3) is 0 Å². The van der Waals surface area contributed by atoms with E-state index in [1.807, 2.05) is 48.5 Å². The third-order valence-electron chi connectivity index (χ3n) is 4.46. The minimum Gasteiger partial charge on any atom is -0.496 e. The maximum absolute atomic E-state index is 11.1. The van der Waals surface area contributed by atoms with Crippen LogP contribution in [-0.2, 0) is 0 Å². The van der Waals surface area contributed by atoms with Crippen molar-refractivity contribution in [3.8, 4) is 17.2 Å². The van der Waals surface area contributed by atoms with Crippen molar-refractivity contribution in [3.63, 3.8) is 0 Å². The zero-order valence-electron chi connectivity index (χ0n) is 15.9. The van der Waals surface area contributed by atoms with E-state index in [1.165, 1.54) is 0 Å². The van der Waals surface area contributed by atoms with Gasteiger partial charge in [0.15, 0.2) is 5.75 Å². The van der Waals surface area contributed by atoms with Crippen molar-refractivity contribution in [2.75, 3.05) is 7.11 Å². The van der Waals surface area contributed by atoms with E-state index in [9.17, 15) is 5.11 Å². The molecule has 0 saturated carbocycles. The first-order valence-corrected chi connectivity index (χ1v) is 10.5. The number of methoxy groups -OCH3 is 1. The van der Waals surface area contributed by atoms with Crippen molar-refractivity contribution in [1.82, 2.24) is 0 Å². The molecule has 3 aromatic rings. The van der Waals surface area contributed by atoms with Gasteiger partial charge >= 0.3 is 0 Å². The molecule has 1 atom stereocenters. The summed E-state index contributed by atoms with van der Waals surface area (Å²) in [4.78, 5) is 0. The molecule has 0 aliphatic carbocycles. The Morgan fingerprint density at radius 2 is 1.64 bits per heavy atom. The van der Waals surface area contributed by atoms with Crippen LogP contribution in [0, 0.1) is 6.07 Å². The number of hydrogen-bond acceptors (Lipinski definition) is 3. The largest absolute Gasteiger partial charge is 0.496 e. The predicted octanol–water partition coefficient (Wildman–Crippen LogP) is 7.02. The monoisotopic (exact) mass is 503 g/mol. The van der Waals surface area contributed by atoms with Gasteiger partial charge < -0.3 is 14.6 Å². The van der Waals surface area contributed by atoms with Gasteiger partial charge in [0, 0.05) is 17.2 Å². The van der Waals surface area contributed by atoms with Crippen LogP contribution in [0.1, 0.15) is 42.6 Å². The molecule has 1 N–H and O–H groups in total. The number of ether oxygens (including phenoxy) is 2. The Hall–Kier alpha value is -1.82. The molecule has 145 valence electrons. The Morgan fingerprint density at radius 1 is 0.964 bits per heavy atom. The summed E-state index contributed by atoms with van der Waals surface area (Å²) in [5, 5.41) is 11.1. The number of aliphatic hydroxyl groups is 1. The highest BCUT2D eigenvalue weighted by molar-refractivity contribution is 9.11. The molecule has 0 spiro atoms. The normalized spacial score (nSPS) is 12.1. The highest BCUT2D eigenvalue weighted by Crippen LogP contribution is 2.43. The van der Waals surface area contributed by atoms with Gasteiger partial charge in [0.1, 0.15) is 17.6 Å². The molecule has 5 heteroatoms. The molecule has 0 aliphatic rings. The van der Waals surface area contributed by atoms with Crippen LogP contribution in [0.25, 0.3) is 0 Å². The minimum atomic E-state index is -0.850. The molecule has 0 saturated heterocycles. The smallest absolute Gasteiger partial charge is 0.156 e. The Morgan fingerprint density at radius 3 is 2.25 bits per heavy atom. The summed E-state index contributed by atoms with van der Waals surface area (Å²) < 4.78 is 13.3. The first-order chi connectivity index (χ1) is 13.4. The molecule has 0 bridgehead atoms. The second kappa shape index (κ2) is 9.12. The van der Waals surface area contributed by atoms with Crippen molar-refractivity contribution in [2.45, 2.75) is 25.9 Å². The van der Waals surface area contributed by atoms with Gasteiger partial charge in [-0.05, 0) is 61.5 Å². The van der Waals surface area contributed by atoms with Crippen molar-refractivity contribution >= 4 is 31.9 Å². The number of hydrogen-bond donors (Lipinski definition) is 1. The summed E-state index contributed by atoms with van der Waals surface area (Å²) >= 11 is 7.01. The van der Waals surface area contributed by atoms with Gasteiger partial charge in [-0.2, -0.15) is 0 Å². The molecule has 0 heterocycles. The maximum atomic E-state index is 11.1. The molecule has 0 amide bonds. The predicted molar refractivity (Wildman–Crippen MR) is 118 cm³/mol. The Bertz CT molecular complexity index is 935. The fraction of sp³-hybridized carbons (Fsp3) is 0.217. The van der Waals surface area contributed by atoms with Gasteiger partial charge in [-0.1, -0.05) is 50.2 Å². The topological polar surface area (TPSA) is 38.7 Å². The van der Waals surface area contributed by atoms with Gasteiger partial charge in [0.05, 0.1) is 16.1 Å². The number of rotatable bonds is 6. The molecular weight excluding hydrogens is 484 g/mol. The fourth-order valence-corrected chi connectivity index (χ4v) is 4.08. The lowest BCUT2D eigenvalue weighted by molar-refractivity contribution is 0.215. The summed E-state index contributed by atoms with van der Waals surface area (Å²) in [7, 11) is 1.64. The Kier molecular flexibility index (Phi) is 6.81. The quantitative estimate of drug-likeness (QED) is 0.392. The fourth-order valence-electron chi connectivity index (χ4n) is 2.97. The maximum Gasteiger partial charge on any atom is 0.156 e. The SMILES string of the molecule is COc1cc(C(O)c2ccccc2)c(Oc2c(Br)[c]ccc2Br)cc1C(C)C. The first-order valence-electron chi connectivity index (χ1n) is 8.90. The lowest BCUT2D eigenvalue weighted by atomic mass is 9.95. The van der Waals surface area contributed by atoms with Crippen LogP contribution in [0.5, 0.6) is 17.2 Å². The van der Waals surface area contributed by atoms with Crippen molar-refractivity contribution < 1.29 is 14.6 Å². The lowest BCUT2D eigenvalue weighted by Gasteiger charge is -2.22. The molecule has 3 rings (SSSR count). The molecule has 1 unspecified atom stereocenters. The van der Waals surface area contributed by atoms with E-state index in [0.717, 1.165) is 21.3 Å². The van der Waals surface area contributed by atoms with E-state index in [1.54, 1.807) is 13.2 Å². The Balaban J connectivity index is 2.16. The van der Waals surface area contributed by atoms with Crippen molar-refractivity contribution in [3.05, 3.63) is 86.3 Å². The van der Waals surface area contributed by atoms with Gasteiger partial charge in [-0.15, -0.1) is 0 Å². The van der Waals surface area contributed by atoms with Gasteiger partial charge in [-0.3, -0.25) is 0 Å². The van der Waals surface area contributed by atoms with E-state index in [-0.39, 0.29) is 5.92 Å². The second-order valence-corrected chi connectivity index (χ2v) is 8.32. The highest BCUT2D eigenvalue weighted by atomic mass is 79.9. The number of aliphatic hydroxyl groups excluding tert-OH is 1. The third kappa shape index (κ3) is 4.43. The molecule has 3 aromatic carbocycles. The molecule has 0 aromatic heterocycles. The van der Waals surface area contributed by atoms with E-state index >= 15 is 0 Å². The van der Waals surface area contributed by atoms with Crippen molar-refractivity contribution in [1.29, 1.82) is 0 Å². The summed E-state index contributed by atoms with van der Waals surface area (Å²) in [6, 6.07) is 20.0. The zero-order chi connectivity index (χ0) is 20.3. The number of halogens is 2. The molecule has 28 heavy (non-hydrogen) atoms. The van der Waals surface area contributed by atoms with Crippen LogP contribution in [0.4, 0.5) is 0 Å². The Labute approximate surface area is 182 Å². The second-order valence-electron chi connectivity index (χ2n) is 6.67. The molecular formula is C23H21Br2O3. The molecule has 0 aliphatic heterocycles. The summed E-state index contributed by atoms with van der Waals surface area (Å²) in [6.07, 6.45) is -0.850. The first kappa shape index (κ1) is 20.9. The van der Waals surface area contributed by atoms with E-state index in [0.29, 0.717) is 21.5 Å². The van der Waals surface area contributed by atoms with Crippen LogP contribution >= 0.6 is 31.9 Å². The van der Waals surface area contributed by atoms with Crippen LogP contribution in [0.15, 0.2) is 63.5 Å². The third-order valence-corrected chi connectivity index (χ3v) is 5.68. The minimum absolute atomic E-state index is 0.231. The van der Waals surface area contributed by atoms with Crippen LogP contribution in [0.2, 0.25) is 0 Å². The molecule has 1 radical (unpaired) electrons. The van der Waals surface area contributed by atoms with Gasteiger partial charge in [0.2, 0.25) is 0 Å². The van der Waals surface area contributed by atoms with Crippen molar-refractivity contribution in [2.24, 2.45) is 0 Å². The van der Waals surface area contributed by atoms with Crippen LogP contribution in [0.3, 0.4) is 0 Å². The van der Waals surface area contributed by atoms with E-state index in [2.05, 4.69) is 51.8 Å². The zero-order valence-corrected chi connectivity index (χ0v) is 19.0. The van der Waals surface area contributed by atoms with Crippen LogP contribution < -0.4 is 9.47 Å². The average Bonchev–Trinajstić information content (AvgIpc) is 2.70. The highest BCUT2D eigenvalue weighted by Gasteiger charge is 2.22.